The zero-order valence-electron chi connectivity index (χ0n) is 9.30. The van der Waals surface area contributed by atoms with E-state index in [2.05, 4.69) is 15.9 Å². The molecule has 2 rings (SSSR count). The van der Waals surface area contributed by atoms with E-state index in [1.54, 1.807) is 0 Å². The molecular weight excluding hydrogens is 292 g/mol. The number of aliphatic hydroxyl groups excluding tert-OH is 1. The molecule has 0 amide bonds. The van der Waals surface area contributed by atoms with Gasteiger partial charge in [-0.3, -0.25) is 4.90 Å². The van der Waals surface area contributed by atoms with Gasteiger partial charge in [0.25, 0.3) is 0 Å². The summed E-state index contributed by atoms with van der Waals surface area (Å²) < 4.78 is 27.6. The van der Waals surface area contributed by atoms with Crippen molar-refractivity contribution in [1.82, 2.24) is 4.90 Å². The minimum absolute atomic E-state index is 0.0211. The first-order chi connectivity index (χ1) is 8.13. The van der Waals surface area contributed by atoms with Crippen molar-refractivity contribution in [3.05, 3.63) is 33.8 Å². The largest absolute Gasteiger partial charge is 0.395 e. The van der Waals surface area contributed by atoms with Crippen molar-refractivity contribution in [2.45, 2.75) is 25.4 Å². The van der Waals surface area contributed by atoms with E-state index in [1.807, 2.05) is 4.90 Å². The van der Waals surface area contributed by atoms with Crippen LogP contribution in [0.5, 0.6) is 0 Å². The molecule has 0 aromatic heterocycles. The SMILES string of the molecule is OC[C@H]1CCCN1Cc1c(F)ccc(Br)c1F. The van der Waals surface area contributed by atoms with Crippen LogP contribution >= 0.6 is 15.9 Å². The van der Waals surface area contributed by atoms with E-state index in [0.29, 0.717) is 0 Å². The molecule has 5 heteroatoms. The summed E-state index contributed by atoms with van der Waals surface area (Å²) in [4.78, 5) is 1.92. The highest BCUT2D eigenvalue weighted by molar-refractivity contribution is 9.10. The van der Waals surface area contributed by atoms with Crippen LogP contribution in [0.4, 0.5) is 8.78 Å². The number of halogens is 3. The Hall–Kier alpha value is -0.520. The molecule has 94 valence electrons. The predicted octanol–water partition coefficient (Wildman–Crippen LogP) is 2.68. The van der Waals surface area contributed by atoms with Gasteiger partial charge in [0.2, 0.25) is 0 Å². The Balaban J connectivity index is 2.21. The number of nitrogens with zero attached hydrogens (tertiary/aromatic N) is 1. The summed E-state index contributed by atoms with van der Waals surface area (Å²) in [6.07, 6.45) is 1.84. The Morgan fingerprint density at radius 3 is 2.88 bits per heavy atom. The molecule has 1 saturated heterocycles. The molecule has 0 aliphatic carbocycles. The van der Waals surface area contributed by atoms with Gasteiger partial charge in [0.15, 0.2) is 0 Å². The zero-order valence-corrected chi connectivity index (χ0v) is 10.9. The normalized spacial score (nSPS) is 21.1. The van der Waals surface area contributed by atoms with Gasteiger partial charge in [-0.2, -0.15) is 0 Å². The van der Waals surface area contributed by atoms with Crippen LogP contribution in [0.25, 0.3) is 0 Å². The Labute approximate surface area is 107 Å². The van der Waals surface area contributed by atoms with Gasteiger partial charge in [0.05, 0.1) is 11.1 Å². The lowest BCUT2D eigenvalue weighted by Crippen LogP contribution is -2.32. The fraction of sp³-hybridized carbons (Fsp3) is 0.500. The lowest BCUT2D eigenvalue weighted by molar-refractivity contribution is 0.151. The van der Waals surface area contributed by atoms with E-state index < -0.39 is 11.6 Å². The first-order valence-corrected chi connectivity index (χ1v) is 6.40. The van der Waals surface area contributed by atoms with Crippen LogP contribution < -0.4 is 0 Å². The first-order valence-electron chi connectivity index (χ1n) is 5.60. The van der Waals surface area contributed by atoms with Crippen molar-refractivity contribution in [3.63, 3.8) is 0 Å². The fourth-order valence-corrected chi connectivity index (χ4v) is 2.60. The quantitative estimate of drug-likeness (QED) is 0.868. The number of benzene rings is 1. The lowest BCUT2D eigenvalue weighted by Gasteiger charge is -2.23. The van der Waals surface area contributed by atoms with Crippen molar-refractivity contribution in [2.24, 2.45) is 0 Å². The van der Waals surface area contributed by atoms with E-state index in [9.17, 15) is 8.78 Å². The molecule has 0 spiro atoms. The van der Waals surface area contributed by atoms with Crippen molar-refractivity contribution < 1.29 is 13.9 Å². The van der Waals surface area contributed by atoms with Crippen LogP contribution in [0.15, 0.2) is 16.6 Å². The molecule has 1 aromatic carbocycles. The van der Waals surface area contributed by atoms with Crippen LogP contribution in [0.2, 0.25) is 0 Å². The van der Waals surface area contributed by atoms with Crippen LogP contribution in [0.3, 0.4) is 0 Å². The maximum atomic E-state index is 13.8. The zero-order chi connectivity index (χ0) is 12.4. The third kappa shape index (κ3) is 2.67. The van der Waals surface area contributed by atoms with Gasteiger partial charge in [-0.25, -0.2) is 8.78 Å². The molecule has 0 bridgehead atoms. The molecule has 0 radical (unpaired) electrons. The third-order valence-electron chi connectivity index (χ3n) is 3.21. The first kappa shape index (κ1) is 12.9. The maximum Gasteiger partial charge on any atom is 0.144 e. The van der Waals surface area contributed by atoms with Gasteiger partial charge < -0.3 is 5.11 Å². The summed E-state index contributed by atoms with van der Waals surface area (Å²) in [5.74, 6) is -1.08. The van der Waals surface area contributed by atoms with Gasteiger partial charge in [-0.05, 0) is 47.4 Å². The summed E-state index contributed by atoms with van der Waals surface area (Å²) >= 11 is 3.05. The predicted molar refractivity (Wildman–Crippen MR) is 64.6 cm³/mol. The summed E-state index contributed by atoms with van der Waals surface area (Å²) in [6.45, 7) is 1.02. The van der Waals surface area contributed by atoms with Crippen molar-refractivity contribution >= 4 is 15.9 Å². The number of rotatable bonds is 3. The summed E-state index contributed by atoms with van der Waals surface area (Å²) in [5.41, 5.74) is 0.0692. The Morgan fingerprint density at radius 2 is 2.18 bits per heavy atom. The summed E-state index contributed by atoms with van der Waals surface area (Å²) in [5, 5.41) is 9.17. The van der Waals surface area contributed by atoms with E-state index >= 15 is 0 Å². The monoisotopic (exact) mass is 305 g/mol. The average Bonchev–Trinajstić information content (AvgIpc) is 2.77. The molecule has 17 heavy (non-hydrogen) atoms. The minimum Gasteiger partial charge on any atom is -0.395 e. The van der Waals surface area contributed by atoms with Crippen molar-refractivity contribution in [2.75, 3.05) is 13.2 Å². The van der Waals surface area contributed by atoms with Crippen molar-refractivity contribution in [3.8, 4) is 0 Å². The number of likely N-dealkylation sites (tertiary alicyclic amines) is 1. The molecule has 1 aromatic rings. The number of aliphatic hydroxyl groups is 1. The summed E-state index contributed by atoms with van der Waals surface area (Å²) in [7, 11) is 0. The van der Waals surface area contributed by atoms with Gasteiger partial charge in [0, 0.05) is 18.2 Å². The molecule has 0 saturated carbocycles. The second-order valence-electron chi connectivity index (χ2n) is 4.27. The third-order valence-corrected chi connectivity index (χ3v) is 3.82. The van der Waals surface area contributed by atoms with Crippen LogP contribution in [0, 0.1) is 11.6 Å². The Bertz CT molecular complexity index is 414. The highest BCUT2D eigenvalue weighted by Crippen LogP contribution is 2.26. The Morgan fingerprint density at radius 1 is 1.41 bits per heavy atom. The number of hydrogen-bond donors (Lipinski definition) is 1. The van der Waals surface area contributed by atoms with Crippen LogP contribution in [-0.4, -0.2) is 29.2 Å². The molecule has 1 atom stereocenters. The highest BCUT2D eigenvalue weighted by Gasteiger charge is 2.26. The van der Waals surface area contributed by atoms with Gasteiger partial charge >= 0.3 is 0 Å². The second kappa shape index (κ2) is 5.42. The smallest absolute Gasteiger partial charge is 0.144 e. The highest BCUT2D eigenvalue weighted by atomic mass is 79.9. The van der Waals surface area contributed by atoms with Gasteiger partial charge in [-0.1, -0.05) is 0 Å². The minimum atomic E-state index is -0.548. The molecule has 1 N–H and O–H groups in total. The topological polar surface area (TPSA) is 23.5 Å². The van der Waals surface area contributed by atoms with Crippen molar-refractivity contribution in [1.29, 1.82) is 0 Å². The lowest BCUT2D eigenvalue weighted by atomic mass is 10.1. The molecule has 1 aliphatic rings. The molecule has 0 unspecified atom stereocenters. The van der Waals surface area contributed by atoms with Crippen LogP contribution in [-0.2, 0) is 6.54 Å². The van der Waals surface area contributed by atoms with E-state index in [-0.39, 0.29) is 29.2 Å². The maximum absolute atomic E-state index is 13.8. The molecule has 2 nitrogen and oxygen atoms in total. The molecule has 1 fully saturated rings. The second-order valence-corrected chi connectivity index (χ2v) is 5.13. The van der Waals surface area contributed by atoms with Gasteiger partial charge in [-0.15, -0.1) is 0 Å². The Kier molecular flexibility index (Phi) is 4.12. The number of hydrogen-bond acceptors (Lipinski definition) is 2. The molecule has 1 aliphatic heterocycles. The van der Waals surface area contributed by atoms with E-state index in [0.717, 1.165) is 19.4 Å². The average molecular weight is 306 g/mol. The molecule has 1 heterocycles. The molecular formula is C12H14BrF2NO. The standard InChI is InChI=1S/C12H14BrF2NO/c13-10-3-4-11(14)9(12(10)15)6-16-5-1-2-8(16)7-17/h3-4,8,17H,1-2,5-7H2/t8-/m1/s1. The summed E-state index contributed by atoms with van der Waals surface area (Å²) in [6, 6.07) is 2.64. The van der Waals surface area contributed by atoms with E-state index in [4.69, 9.17) is 5.11 Å². The fourth-order valence-electron chi connectivity index (χ4n) is 2.23. The van der Waals surface area contributed by atoms with E-state index in [1.165, 1.54) is 12.1 Å². The van der Waals surface area contributed by atoms with Gasteiger partial charge in [0.1, 0.15) is 11.6 Å². The van der Waals surface area contributed by atoms with Crippen LogP contribution in [0.1, 0.15) is 18.4 Å².